The molecule has 2 amide bonds. The van der Waals surface area contributed by atoms with E-state index in [1.807, 2.05) is 24.3 Å². The topological polar surface area (TPSA) is 58.2 Å². The van der Waals surface area contributed by atoms with Crippen molar-refractivity contribution in [2.45, 2.75) is 0 Å². The van der Waals surface area contributed by atoms with E-state index in [4.69, 9.17) is 0 Å². The maximum absolute atomic E-state index is 11.9. The van der Waals surface area contributed by atoms with Gasteiger partial charge in [0.25, 0.3) is 5.91 Å². The Balaban J connectivity index is 2.06. The van der Waals surface area contributed by atoms with Gasteiger partial charge in [0.2, 0.25) is 5.91 Å². The summed E-state index contributed by atoms with van der Waals surface area (Å²) in [6.45, 7) is 0. The fourth-order valence-electron chi connectivity index (χ4n) is 1.84. The first-order valence-electron chi connectivity index (χ1n) is 6.66. The lowest BCUT2D eigenvalue weighted by Crippen LogP contribution is -2.18. The molecule has 0 heterocycles. The SMILES string of the molecule is CNC(=O)c1cccc(NC(=O)/C=C/c2ccccc2Br)c1. The Morgan fingerprint density at radius 1 is 1.09 bits per heavy atom. The Labute approximate surface area is 137 Å². The average molecular weight is 359 g/mol. The number of anilines is 1. The zero-order chi connectivity index (χ0) is 15.9. The molecule has 0 aliphatic rings. The summed E-state index contributed by atoms with van der Waals surface area (Å²) < 4.78 is 0.917. The summed E-state index contributed by atoms with van der Waals surface area (Å²) in [6.07, 6.45) is 3.18. The molecule has 5 heteroatoms. The molecule has 0 fully saturated rings. The maximum atomic E-state index is 11.9. The third-order valence-electron chi connectivity index (χ3n) is 2.94. The van der Waals surface area contributed by atoms with Crippen molar-refractivity contribution in [3.05, 3.63) is 70.2 Å². The number of rotatable bonds is 4. The first-order chi connectivity index (χ1) is 10.6. The molecule has 0 aliphatic heterocycles. The van der Waals surface area contributed by atoms with Crippen LogP contribution in [0, 0.1) is 0 Å². The Morgan fingerprint density at radius 3 is 2.59 bits per heavy atom. The summed E-state index contributed by atoms with van der Waals surface area (Å²) in [5.41, 5.74) is 1.98. The van der Waals surface area contributed by atoms with Crippen molar-refractivity contribution in [1.29, 1.82) is 0 Å². The highest BCUT2D eigenvalue weighted by Gasteiger charge is 2.05. The van der Waals surface area contributed by atoms with Gasteiger partial charge in [0, 0.05) is 28.8 Å². The number of benzene rings is 2. The Bertz CT molecular complexity index is 726. The van der Waals surface area contributed by atoms with E-state index in [1.165, 1.54) is 6.08 Å². The minimum atomic E-state index is -0.259. The molecule has 2 N–H and O–H groups in total. The van der Waals surface area contributed by atoms with Crippen LogP contribution in [0.4, 0.5) is 5.69 Å². The first kappa shape index (κ1) is 16.0. The minimum absolute atomic E-state index is 0.195. The number of hydrogen-bond donors (Lipinski definition) is 2. The van der Waals surface area contributed by atoms with E-state index >= 15 is 0 Å². The number of amides is 2. The quantitative estimate of drug-likeness (QED) is 0.822. The second kappa shape index (κ2) is 7.56. The van der Waals surface area contributed by atoms with Gasteiger partial charge in [-0.3, -0.25) is 9.59 Å². The zero-order valence-electron chi connectivity index (χ0n) is 12.0. The lowest BCUT2D eigenvalue weighted by atomic mass is 10.2. The predicted octanol–water partition coefficient (Wildman–Crippen LogP) is 3.46. The number of halogens is 1. The van der Waals surface area contributed by atoms with Crippen molar-refractivity contribution < 1.29 is 9.59 Å². The summed E-state index contributed by atoms with van der Waals surface area (Å²) in [7, 11) is 1.56. The first-order valence-corrected chi connectivity index (χ1v) is 7.45. The molecule has 2 aromatic carbocycles. The smallest absolute Gasteiger partial charge is 0.251 e. The number of nitrogens with one attached hydrogen (secondary N) is 2. The van der Waals surface area contributed by atoms with Gasteiger partial charge in [0.05, 0.1) is 0 Å². The van der Waals surface area contributed by atoms with Gasteiger partial charge in [-0.1, -0.05) is 40.2 Å². The minimum Gasteiger partial charge on any atom is -0.355 e. The van der Waals surface area contributed by atoms with E-state index in [0.29, 0.717) is 11.3 Å². The maximum Gasteiger partial charge on any atom is 0.251 e. The summed E-state index contributed by atoms with van der Waals surface area (Å²) in [4.78, 5) is 23.5. The summed E-state index contributed by atoms with van der Waals surface area (Å²) in [6, 6.07) is 14.4. The molecular formula is C17H15BrN2O2. The highest BCUT2D eigenvalue weighted by atomic mass is 79.9. The fraction of sp³-hybridized carbons (Fsp3) is 0.0588. The van der Waals surface area contributed by atoms with Gasteiger partial charge in [0.15, 0.2) is 0 Å². The van der Waals surface area contributed by atoms with E-state index in [0.717, 1.165) is 10.0 Å². The number of carbonyl (C=O) groups excluding carboxylic acids is 2. The molecule has 22 heavy (non-hydrogen) atoms. The molecule has 0 spiro atoms. The molecule has 0 saturated carbocycles. The van der Waals surface area contributed by atoms with Crippen LogP contribution < -0.4 is 10.6 Å². The Morgan fingerprint density at radius 2 is 1.86 bits per heavy atom. The van der Waals surface area contributed by atoms with Crippen molar-refractivity contribution >= 4 is 39.5 Å². The lowest BCUT2D eigenvalue weighted by Gasteiger charge is -2.05. The third-order valence-corrected chi connectivity index (χ3v) is 3.66. The molecule has 0 aliphatic carbocycles. The van der Waals surface area contributed by atoms with E-state index in [1.54, 1.807) is 37.4 Å². The molecule has 0 aromatic heterocycles. The molecule has 0 unspecified atom stereocenters. The van der Waals surface area contributed by atoms with E-state index in [-0.39, 0.29) is 11.8 Å². The molecule has 0 bridgehead atoms. The van der Waals surface area contributed by atoms with Gasteiger partial charge in [-0.05, 0) is 35.9 Å². The van der Waals surface area contributed by atoms with Crippen LogP contribution in [0.25, 0.3) is 6.08 Å². The molecule has 2 rings (SSSR count). The monoisotopic (exact) mass is 358 g/mol. The number of carbonyl (C=O) groups is 2. The summed E-state index contributed by atoms with van der Waals surface area (Å²) in [5.74, 6) is -0.454. The fourth-order valence-corrected chi connectivity index (χ4v) is 2.26. The van der Waals surface area contributed by atoms with Crippen LogP contribution in [0.2, 0.25) is 0 Å². The van der Waals surface area contributed by atoms with Crippen molar-refractivity contribution in [1.82, 2.24) is 5.32 Å². The van der Waals surface area contributed by atoms with Crippen LogP contribution in [0.15, 0.2) is 59.1 Å². The number of hydrogen-bond acceptors (Lipinski definition) is 2. The van der Waals surface area contributed by atoms with Gasteiger partial charge < -0.3 is 10.6 Å². The summed E-state index contributed by atoms with van der Waals surface area (Å²) in [5, 5.41) is 5.27. The van der Waals surface area contributed by atoms with Crippen molar-refractivity contribution in [2.75, 3.05) is 12.4 Å². The predicted molar refractivity (Wildman–Crippen MR) is 91.6 cm³/mol. The van der Waals surface area contributed by atoms with Crippen molar-refractivity contribution in [2.24, 2.45) is 0 Å². The van der Waals surface area contributed by atoms with Gasteiger partial charge in [-0.2, -0.15) is 0 Å². The lowest BCUT2D eigenvalue weighted by molar-refractivity contribution is -0.111. The third kappa shape index (κ3) is 4.30. The van der Waals surface area contributed by atoms with Crippen LogP contribution in [-0.2, 0) is 4.79 Å². The molecule has 2 aromatic rings. The normalized spacial score (nSPS) is 10.5. The molecular weight excluding hydrogens is 344 g/mol. The molecule has 0 radical (unpaired) electrons. The van der Waals surface area contributed by atoms with E-state index in [9.17, 15) is 9.59 Å². The van der Waals surface area contributed by atoms with Gasteiger partial charge >= 0.3 is 0 Å². The molecule has 0 atom stereocenters. The van der Waals surface area contributed by atoms with Crippen LogP contribution in [0.5, 0.6) is 0 Å². The Hall–Kier alpha value is -2.40. The van der Waals surface area contributed by atoms with E-state index < -0.39 is 0 Å². The zero-order valence-corrected chi connectivity index (χ0v) is 13.6. The van der Waals surface area contributed by atoms with Gasteiger partial charge in [-0.15, -0.1) is 0 Å². The molecule has 4 nitrogen and oxygen atoms in total. The second-order valence-corrected chi connectivity index (χ2v) is 5.36. The largest absolute Gasteiger partial charge is 0.355 e. The van der Waals surface area contributed by atoms with Crippen LogP contribution in [0.1, 0.15) is 15.9 Å². The van der Waals surface area contributed by atoms with Gasteiger partial charge in [0.1, 0.15) is 0 Å². The standard InChI is InChI=1S/C17H15BrN2O2/c1-19-17(22)13-6-4-7-14(11-13)20-16(21)10-9-12-5-2-3-8-15(12)18/h2-11H,1H3,(H,19,22)(H,20,21)/b10-9+. The molecule has 0 saturated heterocycles. The van der Waals surface area contributed by atoms with Crippen LogP contribution in [-0.4, -0.2) is 18.9 Å². The Kier molecular flexibility index (Phi) is 5.49. The molecule has 112 valence electrons. The van der Waals surface area contributed by atoms with Crippen molar-refractivity contribution in [3.63, 3.8) is 0 Å². The van der Waals surface area contributed by atoms with E-state index in [2.05, 4.69) is 26.6 Å². The van der Waals surface area contributed by atoms with Gasteiger partial charge in [-0.25, -0.2) is 0 Å². The second-order valence-electron chi connectivity index (χ2n) is 4.50. The van der Waals surface area contributed by atoms with Crippen LogP contribution >= 0.6 is 15.9 Å². The van der Waals surface area contributed by atoms with Crippen molar-refractivity contribution in [3.8, 4) is 0 Å². The summed E-state index contributed by atoms with van der Waals surface area (Å²) >= 11 is 3.42. The van der Waals surface area contributed by atoms with Crippen LogP contribution in [0.3, 0.4) is 0 Å². The highest BCUT2D eigenvalue weighted by Crippen LogP contribution is 2.17. The highest BCUT2D eigenvalue weighted by molar-refractivity contribution is 9.10. The average Bonchev–Trinajstić information content (AvgIpc) is 2.53.